The summed E-state index contributed by atoms with van der Waals surface area (Å²) in [5, 5.41) is 28.3. The molecule has 4 aliphatic rings. The minimum Gasteiger partial charge on any atom is -0.462 e. The average molecular weight is 1410 g/mol. The van der Waals surface area contributed by atoms with E-state index >= 15 is 0 Å². The van der Waals surface area contributed by atoms with Gasteiger partial charge in [0.2, 0.25) is 17.3 Å². The number of carbonyl (C=O) groups is 5. The maximum absolute atomic E-state index is 14.2. The molecule has 8 aromatic rings. The largest absolute Gasteiger partial charge is 0.462 e. The van der Waals surface area contributed by atoms with Gasteiger partial charge in [0, 0.05) is 54.1 Å². The van der Waals surface area contributed by atoms with E-state index in [1.165, 1.54) is 45.9 Å². The van der Waals surface area contributed by atoms with Gasteiger partial charge in [-0.3, -0.25) is 23.5 Å². The number of hydrogen-bond acceptors (Lipinski definition) is 19. The number of ether oxygens (including phenoxy) is 5. The van der Waals surface area contributed by atoms with Crippen LogP contribution in [-0.2, 0) is 55.7 Å². The number of rotatable bonds is 28. The molecular weight excluding hydrogens is 1310 g/mol. The number of aromatic nitrogens is 4. The van der Waals surface area contributed by atoms with Gasteiger partial charge in [0.15, 0.2) is 5.78 Å². The molecule has 7 unspecified atom stereocenters. The second-order valence-electron chi connectivity index (χ2n) is 28.8. The van der Waals surface area contributed by atoms with E-state index in [0.717, 1.165) is 59.1 Å². The first-order chi connectivity index (χ1) is 49.6. The van der Waals surface area contributed by atoms with E-state index in [9.17, 15) is 43.8 Å². The summed E-state index contributed by atoms with van der Waals surface area (Å²) in [5.74, 6) is -3.06. The summed E-state index contributed by atoms with van der Waals surface area (Å²) in [6.45, 7) is 14.9. The lowest BCUT2D eigenvalue weighted by molar-refractivity contribution is -0.155. The predicted octanol–water partition coefficient (Wildman–Crippen LogP) is 11.8. The summed E-state index contributed by atoms with van der Waals surface area (Å²) < 4.78 is 43.0. The van der Waals surface area contributed by atoms with E-state index in [4.69, 9.17) is 38.3 Å². The molecule has 4 aromatic carbocycles. The van der Waals surface area contributed by atoms with Gasteiger partial charge in [-0.1, -0.05) is 185 Å². The second kappa shape index (κ2) is 34.0. The molecule has 23 heteroatoms. The highest BCUT2D eigenvalue weighted by atomic mass is 16.6. The predicted molar refractivity (Wildman–Crippen MR) is 387 cm³/mol. The third-order valence-corrected chi connectivity index (χ3v) is 20.3. The maximum atomic E-state index is 14.2. The third-order valence-electron chi connectivity index (χ3n) is 20.3. The van der Waals surface area contributed by atoms with Crippen LogP contribution in [0.4, 0.5) is 4.79 Å². The fourth-order valence-corrected chi connectivity index (χ4v) is 14.2. The number of nitrogens with one attached hydrogen (secondary N) is 2. The molecule has 0 radical (unpaired) electrons. The van der Waals surface area contributed by atoms with Gasteiger partial charge in [-0.2, -0.15) is 9.97 Å². The molecule has 0 bridgehead atoms. The number of furan rings is 2. The van der Waals surface area contributed by atoms with Crippen molar-refractivity contribution in [2.45, 2.75) is 200 Å². The quantitative estimate of drug-likeness (QED) is 0.0173. The number of nitrogens with two attached hydrogens (primary N) is 1. The van der Waals surface area contributed by atoms with E-state index in [1.54, 1.807) is 26.2 Å². The zero-order valence-electron chi connectivity index (χ0n) is 60.0. The Morgan fingerprint density at radius 1 is 0.573 bits per heavy atom. The first kappa shape index (κ1) is 75.0. The molecule has 103 heavy (non-hydrogen) atoms. The number of hydrogen-bond donors (Lipinski definition) is 5. The standard InChI is InChI=1S/C53H62N4O10.C27H35N3O6/c1-6-7-8-14-32-21-23-33(24-22-32)43-25-34-27-57(52(62)56-50(34)67-43)45-26-42(58)44(66-45)29-64-51(61)47(31(4)5)54-49(60)40-20-13-19-39(40)48(59)46(30(2)3)55-53(63)65-28-41-37-17-11-9-15-35(37)36-16-10-12-18-38(36)41;1-4-5-6-7-17-8-10-18(11-9-17)21-12-19-14-30(27(33)29-25(19)36-21)23-13-20(31)22(35-23)15-34-26(32)24(28)16(2)3/h9-12,15-18,21-25,27,30-31,39-42,44-47,58H,6-8,13-14,19-20,26,28-29H2,1-5H3,(H,54,60)(H,55,63);8-12,14,16,20,22-24,31H,4-7,13,15,28H2,1-3H3/t39?,40?,42?,44-,45-,46?,47?;20?,22-,23-,24?/m11/s1. The summed E-state index contributed by atoms with van der Waals surface area (Å²) in [5.41, 5.74) is 13.7. The van der Waals surface area contributed by atoms with Gasteiger partial charge in [-0.05, 0) is 102 Å². The number of aryl methyl sites for hydroxylation is 2. The van der Waals surface area contributed by atoms with Crippen LogP contribution in [0.1, 0.15) is 167 Å². The molecule has 548 valence electrons. The Kier molecular flexibility index (Phi) is 24.8. The lowest BCUT2D eigenvalue weighted by Gasteiger charge is -2.28. The number of nitrogens with zero attached hydrogens (tertiary/aromatic N) is 4. The minimum absolute atomic E-state index is 0.0501. The molecule has 4 aromatic heterocycles. The van der Waals surface area contributed by atoms with Crippen LogP contribution in [0.5, 0.6) is 0 Å². The van der Waals surface area contributed by atoms with E-state index in [2.05, 4.69) is 70.8 Å². The Hall–Kier alpha value is -9.13. The molecule has 1 saturated carbocycles. The van der Waals surface area contributed by atoms with Crippen molar-refractivity contribution in [3.8, 4) is 33.8 Å². The number of Topliss-reactive ketones (excluding diaryl/α,β-unsaturated/α-hetero) is 1. The van der Waals surface area contributed by atoms with E-state index in [0.29, 0.717) is 41.6 Å². The van der Waals surface area contributed by atoms with Crippen LogP contribution < -0.4 is 27.7 Å². The summed E-state index contributed by atoms with van der Waals surface area (Å²) in [4.78, 5) is 101. The van der Waals surface area contributed by atoms with Crippen LogP contribution in [0.3, 0.4) is 0 Å². The van der Waals surface area contributed by atoms with Gasteiger partial charge in [0.05, 0.1) is 29.0 Å². The fourth-order valence-electron chi connectivity index (χ4n) is 14.2. The van der Waals surface area contributed by atoms with Crippen molar-refractivity contribution in [3.05, 3.63) is 165 Å². The van der Waals surface area contributed by atoms with Crippen LogP contribution in [0.15, 0.2) is 140 Å². The molecule has 2 aliphatic carbocycles. The molecule has 12 rings (SSSR count). The number of aliphatic hydroxyl groups excluding tert-OH is 2. The number of amides is 2. The molecule has 2 amide bonds. The molecule has 11 atom stereocenters. The van der Waals surface area contributed by atoms with Crippen molar-refractivity contribution >= 4 is 51.9 Å². The molecule has 2 aliphatic heterocycles. The number of alkyl carbamates (subject to hydrolysis) is 1. The van der Waals surface area contributed by atoms with Crippen molar-refractivity contribution in [3.63, 3.8) is 0 Å². The SMILES string of the molecule is CCCCCc1ccc(-c2cc3cn([C@H]4CC(O)[C@@H](COC(=O)C(N)C(C)C)O4)c(=O)nc3o2)cc1.CCCCCc1ccc(-c2cc3cn([C@H]4CC(O)[C@@H](COC(=O)C(NC(=O)C5CCCC5C(=O)C(NC(=O)OCC5c6ccccc6-c6ccccc65)C(C)C)C(C)C)O4)c(=O)nc3o2)cc1. The number of aliphatic hydroxyl groups is 2. The van der Waals surface area contributed by atoms with Gasteiger partial charge >= 0.3 is 29.4 Å². The van der Waals surface area contributed by atoms with Crippen molar-refractivity contribution < 1.29 is 66.7 Å². The van der Waals surface area contributed by atoms with Gasteiger partial charge in [-0.15, -0.1) is 0 Å². The lowest BCUT2D eigenvalue weighted by Crippen LogP contribution is -2.51. The zero-order valence-corrected chi connectivity index (χ0v) is 60.0. The average Bonchev–Trinajstić information content (AvgIpc) is 1.62. The number of ketones is 1. The minimum atomic E-state index is -1.07. The number of unbranched alkanes of at least 4 members (excludes halogenated alkanes) is 4. The topological polar surface area (TPSA) is 318 Å². The molecule has 6 N–H and O–H groups in total. The molecule has 0 spiro atoms. The maximum Gasteiger partial charge on any atom is 0.407 e. The first-order valence-corrected chi connectivity index (χ1v) is 36.5. The summed E-state index contributed by atoms with van der Waals surface area (Å²) in [6, 6.07) is 33.4. The number of carbonyl (C=O) groups excluding carboxylic acids is 5. The van der Waals surface area contributed by atoms with Crippen molar-refractivity contribution in [2.24, 2.45) is 35.3 Å². The lowest BCUT2D eigenvalue weighted by atomic mass is 9.84. The van der Waals surface area contributed by atoms with Crippen LogP contribution in [-0.4, -0.2) is 121 Å². The van der Waals surface area contributed by atoms with Crippen LogP contribution in [0.25, 0.3) is 56.0 Å². The zero-order chi connectivity index (χ0) is 73.2. The number of benzene rings is 4. The second-order valence-corrected chi connectivity index (χ2v) is 28.8. The number of esters is 2. The van der Waals surface area contributed by atoms with Gasteiger partial charge in [-0.25, -0.2) is 19.2 Å². The molecule has 3 fully saturated rings. The smallest absolute Gasteiger partial charge is 0.407 e. The molecular formula is C80H97N7O16. The monoisotopic (exact) mass is 1410 g/mol. The highest BCUT2D eigenvalue weighted by molar-refractivity contribution is 5.95. The molecule has 23 nitrogen and oxygen atoms in total. The first-order valence-electron chi connectivity index (χ1n) is 36.5. The third kappa shape index (κ3) is 17.7. The molecule has 6 heterocycles. The van der Waals surface area contributed by atoms with Gasteiger partial charge in [0.25, 0.3) is 0 Å². The Balaban J connectivity index is 0.000000248. The summed E-state index contributed by atoms with van der Waals surface area (Å²) >= 11 is 0. The number of fused-ring (bicyclic) bond motifs is 5. The van der Waals surface area contributed by atoms with Gasteiger partial charge in [0.1, 0.15) is 68.1 Å². The summed E-state index contributed by atoms with van der Waals surface area (Å²) in [7, 11) is 0. The van der Waals surface area contributed by atoms with Gasteiger partial charge < -0.3 is 59.1 Å². The Morgan fingerprint density at radius 3 is 1.50 bits per heavy atom. The van der Waals surface area contributed by atoms with Crippen LogP contribution >= 0.6 is 0 Å². The normalized spacial score (nSPS) is 20.9. The van der Waals surface area contributed by atoms with E-state index < -0.39 is 102 Å². The summed E-state index contributed by atoms with van der Waals surface area (Å²) in [6.07, 6.45) is 8.05. The van der Waals surface area contributed by atoms with Crippen LogP contribution in [0.2, 0.25) is 0 Å². The highest BCUT2D eigenvalue weighted by Crippen LogP contribution is 2.45. The van der Waals surface area contributed by atoms with Crippen molar-refractivity contribution in [1.82, 2.24) is 29.7 Å². The van der Waals surface area contributed by atoms with E-state index in [-0.39, 0.29) is 73.5 Å². The Bertz CT molecular complexity index is 4340. The van der Waals surface area contributed by atoms with Crippen molar-refractivity contribution in [2.75, 3.05) is 19.8 Å². The van der Waals surface area contributed by atoms with Crippen molar-refractivity contribution in [1.29, 1.82) is 0 Å². The fraction of sp³-hybridized carbons (Fsp3) is 0.487. The Labute approximate surface area is 599 Å². The Morgan fingerprint density at radius 2 is 1.04 bits per heavy atom. The van der Waals surface area contributed by atoms with Crippen LogP contribution in [0, 0.1) is 29.6 Å². The highest BCUT2D eigenvalue weighted by Gasteiger charge is 2.44. The molecule has 2 saturated heterocycles. The van der Waals surface area contributed by atoms with E-state index in [1.807, 2.05) is 100 Å².